The van der Waals surface area contributed by atoms with E-state index >= 15 is 0 Å². The zero-order chi connectivity index (χ0) is 12.8. The van der Waals surface area contributed by atoms with Crippen molar-refractivity contribution in [3.05, 3.63) is 42.5 Å². The fourth-order valence-electron chi connectivity index (χ4n) is 2.52. The van der Waals surface area contributed by atoms with Crippen LogP contribution in [0.15, 0.2) is 47.6 Å². The van der Waals surface area contributed by atoms with Gasteiger partial charge in [-0.25, -0.2) is 0 Å². The van der Waals surface area contributed by atoms with Crippen LogP contribution in [0.3, 0.4) is 0 Å². The first-order valence-electron chi connectivity index (χ1n) is 5.68. The van der Waals surface area contributed by atoms with Gasteiger partial charge in [-0.15, -0.1) is 0 Å². The summed E-state index contributed by atoms with van der Waals surface area (Å²) in [5.74, 6) is -0.381. The van der Waals surface area contributed by atoms with Gasteiger partial charge in [-0.3, -0.25) is 4.79 Å². The summed E-state index contributed by atoms with van der Waals surface area (Å²) in [5, 5.41) is 22.4. The maximum Gasteiger partial charge on any atom is 0.263 e. The fourth-order valence-corrected chi connectivity index (χ4v) is 2.52. The zero-order valence-corrected chi connectivity index (χ0v) is 9.52. The van der Waals surface area contributed by atoms with E-state index in [0.29, 0.717) is 11.4 Å². The molecule has 1 aliphatic carbocycles. The van der Waals surface area contributed by atoms with Gasteiger partial charge in [0.1, 0.15) is 5.71 Å². The normalized spacial score (nSPS) is 32.3. The Kier molecular flexibility index (Phi) is 2.24. The molecule has 1 aromatic carbocycles. The van der Waals surface area contributed by atoms with Crippen LogP contribution in [0.1, 0.15) is 6.42 Å². The third-order valence-electron chi connectivity index (χ3n) is 3.43. The van der Waals surface area contributed by atoms with Crippen molar-refractivity contribution in [1.29, 1.82) is 0 Å². The molecule has 2 aliphatic rings. The molecule has 92 valence electrons. The van der Waals surface area contributed by atoms with Crippen LogP contribution in [0.4, 0.5) is 5.69 Å². The number of benzene rings is 1. The quantitative estimate of drug-likeness (QED) is 0.570. The van der Waals surface area contributed by atoms with Crippen LogP contribution in [0.5, 0.6) is 0 Å². The molecule has 1 aliphatic heterocycles. The minimum atomic E-state index is -1.48. The lowest BCUT2D eigenvalue weighted by molar-refractivity contribution is -0.129. The van der Waals surface area contributed by atoms with Gasteiger partial charge < -0.3 is 15.2 Å². The van der Waals surface area contributed by atoms with Crippen molar-refractivity contribution in [2.45, 2.75) is 18.1 Å². The highest BCUT2D eigenvalue weighted by Gasteiger charge is 2.53. The van der Waals surface area contributed by atoms with Crippen molar-refractivity contribution in [3.63, 3.8) is 0 Å². The van der Waals surface area contributed by atoms with E-state index in [4.69, 9.17) is 5.21 Å². The molecule has 2 bridgehead atoms. The van der Waals surface area contributed by atoms with Crippen molar-refractivity contribution < 1.29 is 15.1 Å². The highest BCUT2D eigenvalue weighted by Crippen LogP contribution is 2.37. The first-order chi connectivity index (χ1) is 8.65. The number of para-hydroxylation sites is 1. The number of rotatable bonds is 1. The van der Waals surface area contributed by atoms with Crippen LogP contribution in [0.25, 0.3) is 0 Å². The fraction of sp³-hybridized carbons (Fsp3) is 0.231. The Balaban J connectivity index is 2.10. The van der Waals surface area contributed by atoms with Gasteiger partial charge >= 0.3 is 0 Å². The van der Waals surface area contributed by atoms with Gasteiger partial charge in [0.05, 0.1) is 6.04 Å². The largest absolute Gasteiger partial charge is 0.411 e. The van der Waals surface area contributed by atoms with E-state index in [1.54, 1.807) is 12.1 Å². The molecule has 3 rings (SSSR count). The number of aliphatic hydroxyl groups is 1. The predicted octanol–water partition coefficient (Wildman–Crippen LogP) is 0.923. The molecule has 2 N–H and O–H groups in total. The average molecular weight is 244 g/mol. The molecule has 0 aromatic heterocycles. The van der Waals surface area contributed by atoms with Gasteiger partial charge in [0.15, 0.2) is 5.60 Å². The molecule has 1 fully saturated rings. The topological polar surface area (TPSA) is 73.1 Å². The lowest BCUT2D eigenvalue weighted by Crippen LogP contribution is -2.39. The van der Waals surface area contributed by atoms with Crippen LogP contribution < -0.4 is 4.90 Å². The van der Waals surface area contributed by atoms with Crippen LogP contribution in [-0.4, -0.2) is 33.6 Å². The summed E-state index contributed by atoms with van der Waals surface area (Å²) in [6, 6.07) is 8.65. The molecule has 1 amide bonds. The van der Waals surface area contributed by atoms with E-state index in [0.717, 1.165) is 0 Å². The third kappa shape index (κ3) is 1.37. The molecular formula is C13H12N2O3. The monoisotopic (exact) mass is 244 g/mol. The Morgan fingerprint density at radius 3 is 2.72 bits per heavy atom. The number of oxime groups is 1. The smallest absolute Gasteiger partial charge is 0.263 e. The minimum Gasteiger partial charge on any atom is -0.411 e. The summed E-state index contributed by atoms with van der Waals surface area (Å²) in [5.41, 5.74) is -0.406. The van der Waals surface area contributed by atoms with Crippen molar-refractivity contribution in [2.24, 2.45) is 5.16 Å². The third-order valence-corrected chi connectivity index (χ3v) is 3.43. The number of hydrogen-bond donors (Lipinski definition) is 2. The molecule has 0 unspecified atom stereocenters. The highest BCUT2D eigenvalue weighted by molar-refractivity contribution is 6.16. The Bertz CT molecular complexity index is 553. The predicted molar refractivity (Wildman–Crippen MR) is 65.6 cm³/mol. The Morgan fingerprint density at radius 1 is 1.33 bits per heavy atom. The van der Waals surface area contributed by atoms with Crippen molar-refractivity contribution >= 4 is 17.3 Å². The average Bonchev–Trinajstić information content (AvgIpc) is 2.60. The van der Waals surface area contributed by atoms with Crippen LogP contribution in [0.2, 0.25) is 0 Å². The highest BCUT2D eigenvalue weighted by atomic mass is 16.4. The number of amides is 1. The van der Waals surface area contributed by atoms with Crippen molar-refractivity contribution in [3.8, 4) is 0 Å². The molecule has 5 nitrogen and oxygen atoms in total. The maximum atomic E-state index is 12.3. The zero-order valence-electron chi connectivity index (χ0n) is 9.52. The minimum absolute atomic E-state index is 0.219. The van der Waals surface area contributed by atoms with Gasteiger partial charge in [0.25, 0.3) is 5.91 Å². The van der Waals surface area contributed by atoms with Crippen molar-refractivity contribution in [2.75, 3.05) is 4.90 Å². The molecule has 18 heavy (non-hydrogen) atoms. The van der Waals surface area contributed by atoms with Crippen LogP contribution in [-0.2, 0) is 4.79 Å². The first kappa shape index (κ1) is 11.0. The number of fused-ring (bicyclic) bond motifs is 2. The molecule has 0 spiro atoms. The molecular weight excluding hydrogens is 232 g/mol. The molecule has 1 saturated heterocycles. The molecule has 5 heteroatoms. The SMILES string of the molecule is O=C1N(c2ccccc2)[C@@H]2C[C@@]1(O)C=C/C2=N/O. The summed E-state index contributed by atoms with van der Waals surface area (Å²) in [4.78, 5) is 13.7. The van der Waals surface area contributed by atoms with E-state index in [9.17, 15) is 9.90 Å². The number of nitrogens with zero attached hydrogens (tertiary/aromatic N) is 2. The first-order valence-corrected chi connectivity index (χ1v) is 5.68. The lowest BCUT2D eigenvalue weighted by Gasteiger charge is -2.23. The summed E-state index contributed by atoms with van der Waals surface area (Å²) < 4.78 is 0. The second kappa shape index (κ2) is 3.68. The number of carbonyl (C=O) groups excluding carboxylic acids is 1. The Hall–Kier alpha value is -2.14. The van der Waals surface area contributed by atoms with E-state index in [1.165, 1.54) is 17.1 Å². The number of carbonyl (C=O) groups is 1. The summed E-state index contributed by atoms with van der Waals surface area (Å²) in [7, 11) is 0. The van der Waals surface area contributed by atoms with E-state index in [2.05, 4.69) is 5.16 Å². The summed E-state index contributed by atoms with van der Waals surface area (Å²) in [6.07, 6.45) is 3.11. The van der Waals surface area contributed by atoms with Gasteiger partial charge in [0.2, 0.25) is 0 Å². The van der Waals surface area contributed by atoms with E-state index < -0.39 is 11.6 Å². The van der Waals surface area contributed by atoms with Crippen molar-refractivity contribution in [1.82, 2.24) is 0 Å². The molecule has 0 saturated carbocycles. The number of anilines is 1. The van der Waals surface area contributed by atoms with E-state index in [-0.39, 0.29) is 12.3 Å². The standard InChI is InChI=1S/C13H12N2O3/c16-12-13(17)7-6-10(14-18)11(8-13)15(12)9-4-2-1-3-5-9/h1-7,11,17-18H,8H2/b14-10-/t11-,13+/m1/s1. The van der Waals surface area contributed by atoms with Gasteiger partial charge in [-0.05, 0) is 24.3 Å². The van der Waals surface area contributed by atoms with Gasteiger partial charge in [-0.2, -0.15) is 0 Å². The lowest BCUT2D eigenvalue weighted by atomic mass is 9.91. The second-order valence-corrected chi connectivity index (χ2v) is 4.51. The van der Waals surface area contributed by atoms with Gasteiger partial charge in [-0.1, -0.05) is 23.4 Å². The van der Waals surface area contributed by atoms with E-state index in [1.807, 2.05) is 18.2 Å². The Labute approximate surface area is 104 Å². The molecule has 1 heterocycles. The Morgan fingerprint density at radius 2 is 2.06 bits per heavy atom. The van der Waals surface area contributed by atoms with Crippen LogP contribution in [0, 0.1) is 0 Å². The molecule has 2 atom stereocenters. The van der Waals surface area contributed by atoms with Crippen LogP contribution >= 0.6 is 0 Å². The van der Waals surface area contributed by atoms with Gasteiger partial charge in [0, 0.05) is 12.1 Å². The molecule has 1 aromatic rings. The summed E-state index contributed by atoms with van der Waals surface area (Å²) >= 11 is 0. The maximum absolute atomic E-state index is 12.3. The number of hydrogen-bond acceptors (Lipinski definition) is 4. The second-order valence-electron chi connectivity index (χ2n) is 4.51. The molecule has 0 radical (unpaired) electrons. The summed E-state index contributed by atoms with van der Waals surface area (Å²) in [6.45, 7) is 0.